The first-order valence-corrected chi connectivity index (χ1v) is 7.10. The molecule has 1 aliphatic carbocycles. The minimum Gasteiger partial charge on any atom is -0.472 e. The van der Waals surface area contributed by atoms with Crippen LogP contribution in [0.15, 0.2) is 23.0 Å². The molecule has 2 rings (SSSR count). The van der Waals surface area contributed by atoms with E-state index in [1.54, 1.807) is 12.5 Å². The van der Waals surface area contributed by atoms with E-state index in [-0.39, 0.29) is 5.60 Å². The molecule has 1 N–H and O–H groups in total. The van der Waals surface area contributed by atoms with E-state index in [2.05, 4.69) is 0 Å². The second-order valence-corrected chi connectivity index (χ2v) is 5.26. The van der Waals surface area contributed by atoms with Gasteiger partial charge in [-0.05, 0) is 31.4 Å². The molecule has 18 heavy (non-hydrogen) atoms. The predicted molar refractivity (Wildman–Crippen MR) is 70.5 cm³/mol. The Kier molecular flexibility index (Phi) is 4.84. The van der Waals surface area contributed by atoms with Gasteiger partial charge >= 0.3 is 0 Å². The summed E-state index contributed by atoms with van der Waals surface area (Å²) in [6, 6.07) is 1.92. The Morgan fingerprint density at radius 3 is 2.61 bits per heavy atom. The van der Waals surface area contributed by atoms with Gasteiger partial charge in [0.1, 0.15) is 0 Å². The van der Waals surface area contributed by atoms with E-state index in [0.717, 1.165) is 31.2 Å². The summed E-state index contributed by atoms with van der Waals surface area (Å²) < 4.78 is 11.0. The van der Waals surface area contributed by atoms with Gasteiger partial charge in [-0.25, -0.2) is 0 Å². The van der Waals surface area contributed by atoms with Crippen LogP contribution in [0, 0.1) is 0 Å². The average Bonchev–Trinajstić information content (AvgIpc) is 2.74. The van der Waals surface area contributed by atoms with Crippen molar-refractivity contribution in [1.29, 1.82) is 0 Å². The molecule has 0 saturated heterocycles. The van der Waals surface area contributed by atoms with E-state index >= 15 is 0 Å². The fourth-order valence-electron chi connectivity index (χ4n) is 3.01. The molecule has 102 valence electrons. The molecule has 3 heteroatoms. The Labute approximate surface area is 109 Å². The maximum atomic E-state index is 10.6. The van der Waals surface area contributed by atoms with Gasteiger partial charge in [-0.1, -0.05) is 25.7 Å². The third-order valence-electron chi connectivity index (χ3n) is 4.00. The van der Waals surface area contributed by atoms with E-state index in [0.29, 0.717) is 13.0 Å². The fraction of sp³-hybridized carbons (Fsp3) is 0.733. The third kappa shape index (κ3) is 3.15. The molecule has 1 unspecified atom stereocenters. The van der Waals surface area contributed by atoms with E-state index in [4.69, 9.17) is 9.15 Å². The summed E-state index contributed by atoms with van der Waals surface area (Å²) in [6.07, 6.45) is 10.3. The Morgan fingerprint density at radius 2 is 2.06 bits per heavy atom. The lowest BCUT2D eigenvalue weighted by atomic mass is 9.85. The SMILES string of the molecule is CCOC1(C(O)Cc2ccoc2)CCCCCC1. The Hall–Kier alpha value is -0.800. The summed E-state index contributed by atoms with van der Waals surface area (Å²) in [4.78, 5) is 0. The van der Waals surface area contributed by atoms with Crippen molar-refractivity contribution < 1.29 is 14.3 Å². The number of hydrogen-bond acceptors (Lipinski definition) is 3. The van der Waals surface area contributed by atoms with Gasteiger partial charge in [-0.2, -0.15) is 0 Å². The Morgan fingerprint density at radius 1 is 1.33 bits per heavy atom. The minimum atomic E-state index is -0.437. The minimum absolute atomic E-state index is 0.345. The van der Waals surface area contributed by atoms with Gasteiger partial charge < -0.3 is 14.3 Å². The lowest BCUT2D eigenvalue weighted by Gasteiger charge is -2.37. The van der Waals surface area contributed by atoms with Gasteiger partial charge in [0.15, 0.2) is 0 Å². The van der Waals surface area contributed by atoms with Crippen LogP contribution in [-0.2, 0) is 11.2 Å². The summed E-state index contributed by atoms with van der Waals surface area (Å²) in [5.74, 6) is 0. The van der Waals surface area contributed by atoms with Gasteiger partial charge in [0.2, 0.25) is 0 Å². The van der Waals surface area contributed by atoms with Crippen molar-refractivity contribution in [2.24, 2.45) is 0 Å². The second-order valence-electron chi connectivity index (χ2n) is 5.26. The van der Waals surface area contributed by atoms with Crippen molar-refractivity contribution in [3.8, 4) is 0 Å². The van der Waals surface area contributed by atoms with Crippen molar-refractivity contribution in [2.75, 3.05) is 6.61 Å². The van der Waals surface area contributed by atoms with E-state index in [9.17, 15) is 5.11 Å². The molecular formula is C15H24O3. The maximum Gasteiger partial charge on any atom is 0.0943 e. The number of aliphatic hydroxyl groups is 1. The summed E-state index contributed by atoms with van der Waals surface area (Å²) in [6.45, 7) is 2.68. The largest absolute Gasteiger partial charge is 0.472 e. The molecule has 0 amide bonds. The van der Waals surface area contributed by atoms with E-state index in [1.807, 2.05) is 13.0 Å². The second kappa shape index (κ2) is 6.39. The number of rotatable bonds is 5. The fourth-order valence-corrected chi connectivity index (χ4v) is 3.01. The number of hydrogen-bond donors (Lipinski definition) is 1. The lowest BCUT2D eigenvalue weighted by Crippen LogP contribution is -2.45. The molecule has 0 bridgehead atoms. The van der Waals surface area contributed by atoms with Crippen LogP contribution in [0.2, 0.25) is 0 Å². The molecule has 1 fully saturated rings. The summed E-state index contributed by atoms with van der Waals surface area (Å²) in [7, 11) is 0. The normalized spacial score (nSPS) is 21.4. The van der Waals surface area contributed by atoms with Crippen molar-refractivity contribution in [3.63, 3.8) is 0 Å². The number of aliphatic hydroxyl groups excluding tert-OH is 1. The van der Waals surface area contributed by atoms with Crippen molar-refractivity contribution in [3.05, 3.63) is 24.2 Å². The van der Waals surface area contributed by atoms with Crippen LogP contribution in [0.25, 0.3) is 0 Å². The first-order valence-electron chi connectivity index (χ1n) is 7.10. The molecule has 1 heterocycles. The zero-order chi connectivity index (χ0) is 12.8. The van der Waals surface area contributed by atoms with Crippen molar-refractivity contribution >= 4 is 0 Å². The Bertz CT molecular complexity index is 324. The first-order chi connectivity index (χ1) is 8.77. The van der Waals surface area contributed by atoms with Gasteiger partial charge in [0, 0.05) is 13.0 Å². The summed E-state index contributed by atoms with van der Waals surface area (Å²) in [5.41, 5.74) is 0.702. The quantitative estimate of drug-likeness (QED) is 0.817. The van der Waals surface area contributed by atoms with Crippen LogP contribution in [0.4, 0.5) is 0 Å². The highest BCUT2D eigenvalue weighted by Crippen LogP contribution is 2.34. The van der Waals surface area contributed by atoms with Crippen LogP contribution in [0.5, 0.6) is 0 Å². The van der Waals surface area contributed by atoms with Gasteiger partial charge in [0.05, 0.1) is 24.2 Å². The standard InChI is InChI=1S/C15H24O3/c1-2-18-15(8-5-3-4-6-9-15)14(16)11-13-7-10-17-12-13/h7,10,12,14,16H,2-6,8-9,11H2,1H3. The molecule has 1 saturated carbocycles. The summed E-state index contributed by atoms with van der Waals surface area (Å²) in [5, 5.41) is 10.6. The zero-order valence-electron chi connectivity index (χ0n) is 11.2. The molecule has 1 aromatic heterocycles. The molecule has 1 aliphatic rings. The van der Waals surface area contributed by atoms with Crippen LogP contribution < -0.4 is 0 Å². The van der Waals surface area contributed by atoms with E-state index < -0.39 is 6.10 Å². The molecular weight excluding hydrogens is 228 g/mol. The molecule has 0 aliphatic heterocycles. The third-order valence-corrected chi connectivity index (χ3v) is 4.00. The molecule has 0 radical (unpaired) electrons. The number of furan rings is 1. The Balaban J connectivity index is 2.06. The van der Waals surface area contributed by atoms with Gasteiger partial charge in [-0.3, -0.25) is 0 Å². The molecule has 1 atom stereocenters. The summed E-state index contributed by atoms with van der Waals surface area (Å²) >= 11 is 0. The van der Waals surface area contributed by atoms with Gasteiger partial charge in [0.25, 0.3) is 0 Å². The molecule has 0 aromatic carbocycles. The monoisotopic (exact) mass is 252 g/mol. The highest BCUT2D eigenvalue weighted by Gasteiger charge is 2.38. The lowest BCUT2D eigenvalue weighted by molar-refractivity contribution is -0.128. The smallest absolute Gasteiger partial charge is 0.0943 e. The molecule has 1 aromatic rings. The van der Waals surface area contributed by atoms with Crippen LogP contribution in [0.3, 0.4) is 0 Å². The van der Waals surface area contributed by atoms with E-state index in [1.165, 1.54) is 12.8 Å². The maximum absolute atomic E-state index is 10.6. The zero-order valence-corrected chi connectivity index (χ0v) is 11.2. The molecule has 3 nitrogen and oxygen atoms in total. The van der Waals surface area contributed by atoms with Gasteiger partial charge in [-0.15, -0.1) is 0 Å². The number of ether oxygens (including phenoxy) is 1. The van der Waals surface area contributed by atoms with Crippen LogP contribution in [-0.4, -0.2) is 23.4 Å². The van der Waals surface area contributed by atoms with Crippen molar-refractivity contribution in [1.82, 2.24) is 0 Å². The predicted octanol–water partition coefficient (Wildman–Crippen LogP) is 3.31. The highest BCUT2D eigenvalue weighted by atomic mass is 16.5. The average molecular weight is 252 g/mol. The highest BCUT2D eigenvalue weighted by molar-refractivity contribution is 5.09. The van der Waals surface area contributed by atoms with Crippen LogP contribution >= 0.6 is 0 Å². The van der Waals surface area contributed by atoms with Crippen LogP contribution in [0.1, 0.15) is 51.0 Å². The topological polar surface area (TPSA) is 42.6 Å². The molecule has 0 spiro atoms. The van der Waals surface area contributed by atoms with Crippen molar-refractivity contribution in [2.45, 2.75) is 63.6 Å². The first kappa shape index (κ1) is 13.6.